The summed E-state index contributed by atoms with van der Waals surface area (Å²) in [6, 6.07) is 15.0. The summed E-state index contributed by atoms with van der Waals surface area (Å²) in [5, 5.41) is 10.9. The van der Waals surface area contributed by atoms with Gasteiger partial charge in [0.05, 0.1) is 35.2 Å². The molecular weight excluding hydrogens is 352 g/mol. The Morgan fingerprint density at radius 3 is 2.64 bits per heavy atom. The van der Waals surface area contributed by atoms with Crippen molar-refractivity contribution in [2.45, 2.75) is 26.3 Å². The monoisotopic (exact) mass is 374 g/mol. The van der Waals surface area contributed by atoms with Crippen molar-refractivity contribution in [3.8, 4) is 5.69 Å². The van der Waals surface area contributed by atoms with Crippen LogP contribution in [0.3, 0.4) is 0 Å². The van der Waals surface area contributed by atoms with Gasteiger partial charge in [-0.15, -0.1) is 5.10 Å². The van der Waals surface area contributed by atoms with E-state index >= 15 is 0 Å². The number of aromatic nitrogens is 5. The average Bonchev–Trinajstić information content (AvgIpc) is 3.41. The van der Waals surface area contributed by atoms with E-state index in [-0.39, 0.29) is 17.9 Å². The van der Waals surface area contributed by atoms with Crippen LogP contribution in [0.4, 0.5) is 0 Å². The van der Waals surface area contributed by atoms with E-state index in [2.05, 4.69) is 39.4 Å². The Hall–Kier alpha value is -3.48. The molecule has 0 spiro atoms. The van der Waals surface area contributed by atoms with Crippen LogP contribution in [-0.2, 0) is 0 Å². The van der Waals surface area contributed by atoms with Gasteiger partial charge in [0.2, 0.25) is 0 Å². The van der Waals surface area contributed by atoms with Gasteiger partial charge in [-0.2, -0.15) is 0 Å². The predicted octanol–water partition coefficient (Wildman–Crippen LogP) is 3.66. The minimum absolute atomic E-state index is 0.129. The zero-order valence-electron chi connectivity index (χ0n) is 15.8. The SMILES string of the molecule is CC[C@@H](C)[C@@H](NC(=O)c1ccc(-n2ccnn2)cc1)c1nc2ccccc2[nH]1. The summed E-state index contributed by atoms with van der Waals surface area (Å²) in [6.07, 6.45) is 4.30. The molecule has 0 saturated heterocycles. The van der Waals surface area contributed by atoms with Gasteiger partial charge >= 0.3 is 0 Å². The number of aromatic amines is 1. The number of carbonyl (C=O) groups is 1. The van der Waals surface area contributed by atoms with E-state index in [0.29, 0.717) is 5.56 Å². The number of fused-ring (bicyclic) bond motifs is 1. The van der Waals surface area contributed by atoms with Crippen LogP contribution in [0.15, 0.2) is 60.9 Å². The third kappa shape index (κ3) is 3.51. The van der Waals surface area contributed by atoms with Crippen LogP contribution in [0, 0.1) is 5.92 Å². The molecular formula is C21H22N6O. The van der Waals surface area contributed by atoms with Crippen LogP contribution in [-0.4, -0.2) is 30.9 Å². The third-order valence-corrected chi connectivity index (χ3v) is 5.02. The van der Waals surface area contributed by atoms with Gasteiger partial charge in [0.15, 0.2) is 0 Å². The summed E-state index contributed by atoms with van der Waals surface area (Å²) in [6.45, 7) is 4.23. The number of para-hydroxylation sites is 2. The van der Waals surface area contributed by atoms with Crippen molar-refractivity contribution >= 4 is 16.9 Å². The number of benzene rings is 2. The van der Waals surface area contributed by atoms with Gasteiger partial charge in [-0.3, -0.25) is 4.79 Å². The lowest BCUT2D eigenvalue weighted by Crippen LogP contribution is -2.33. The lowest BCUT2D eigenvalue weighted by molar-refractivity contribution is 0.0920. The number of rotatable bonds is 6. The Bertz CT molecular complexity index is 1030. The molecule has 4 rings (SSSR count). The molecule has 0 aliphatic carbocycles. The van der Waals surface area contributed by atoms with Gasteiger partial charge in [0, 0.05) is 5.56 Å². The molecule has 28 heavy (non-hydrogen) atoms. The lowest BCUT2D eigenvalue weighted by atomic mass is 9.98. The Morgan fingerprint density at radius 2 is 1.96 bits per heavy atom. The van der Waals surface area contributed by atoms with Gasteiger partial charge < -0.3 is 10.3 Å². The van der Waals surface area contributed by atoms with Gasteiger partial charge in [-0.05, 0) is 42.3 Å². The highest BCUT2D eigenvalue weighted by atomic mass is 16.1. The normalized spacial score (nSPS) is 13.4. The maximum atomic E-state index is 12.9. The molecule has 2 heterocycles. The minimum atomic E-state index is -0.195. The molecule has 7 nitrogen and oxygen atoms in total. The molecule has 1 amide bonds. The fraction of sp³-hybridized carbons (Fsp3) is 0.238. The van der Waals surface area contributed by atoms with Crippen molar-refractivity contribution < 1.29 is 4.79 Å². The minimum Gasteiger partial charge on any atom is -0.342 e. The number of nitrogens with zero attached hydrogens (tertiary/aromatic N) is 4. The molecule has 0 aliphatic rings. The van der Waals surface area contributed by atoms with Crippen LogP contribution in [0.2, 0.25) is 0 Å². The zero-order valence-corrected chi connectivity index (χ0v) is 15.8. The molecule has 142 valence electrons. The van der Waals surface area contributed by atoms with Crippen molar-refractivity contribution in [2.75, 3.05) is 0 Å². The first-order chi connectivity index (χ1) is 13.7. The second-order valence-corrected chi connectivity index (χ2v) is 6.87. The summed E-state index contributed by atoms with van der Waals surface area (Å²) in [5.41, 5.74) is 3.31. The fourth-order valence-corrected chi connectivity index (χ4v) is 3.17. The first kappa shape index (κ1) is 17.9. The quantitative estimate of drug-likeness (QED) is 0.539. The molecule has 4 aromatic rings. The van der Waals surface area contributed by atoms with E-state index < -0.39 is 0 Å². The number of hydrogen-bond donors (Lipinski definition) is 2. The molecule has 0 bridgehead atoms. The van der Waals surface area contributed by atoms with Crippen LogP contribution < -0.4 is 5.32 Å². The molecule has 0 aliphatic heterocycles. The highest BCUT2D eigenvalue weighted by Crippen LogP contribution is 2.25. The van der Waals surface area contributed by atoms with E-state index in [9.17, 15) is 4.79 Å². The second kappa shape index (κ2) is 7.64. The van der Waals surface area contributed by atoms with E-state index in [1.54, 1.807) is 29.2 Å². The summed E-state index contributed by atoms with van der Waals surface area (Å²) < 4.78 is 1.65. The zero-order chi connectivity index (χ0) is 19.5. The number of H-pyrrole nitrogens is 1. The predicted molar refractivity (Wildman–Crippen MR) is 107 cm³/mol. The first-order valence-corrected chi connectivity index (χ1v) is 9.38. The van der Waals surface area contributed by atoms with E-state index in [4.69, 9.17) is 0 Å². The summed E-state index contributed by atoms with van der Waals surface area (Å²) >= 11 is 0. The fourth-order valence-electron chi connectivity index (χ4n) is 3.17. The highest BCUT2D eigenvalue weighted by Gasteiger charge is 2.24. The van der Waals surface area contributed by atoms with Gasteiger partial charge in [-0.1, -0.05) is 37.6 Å². The third-order valence-electron chi connectivity index (χ3n) is 5.02. The molecule has 0 radical (unpaired) electrons. The summed E-state index contributed by atoms with van der Waals surface area (Å²) in [7, 11) is 0. The standard InChI is InChI=1S/C21H22N6O/c1-3-14(2)19(20-23-17-6-4-5-7-18(17)24-20)25-21(28)15-8-10-16(11-9-15)27-13-12-22-26-27/h4-14,19H,3H2,1-2H3,(H,23,24)(H,25,28)/t14-,19-/m1/s1. The maximum absolute atomic E-state index is 12.9. The highest BCUT2D eigenvalue weighted by molar-refractivity contribution is 5.94. The molecule has 2 aromatic carbocycles. The molecule has 0 unspecified atom stereocenters. The average molecular weight is 374 g/mol. The van der Waals surface area contributed by atoms with Crippen molar-refractivity contribution in [1.82, 2.24) is 30.3 Å². The number of nitrogens with one attached hydrogen (secondary N) is 2. The Kier molecular flexibility index (Phi) is 4.89. The molecule has 2 aromatic heterocycles. The smallest absolute Gasteiger partial charge is 0.251 e. The Morgan fingerprint density at radius 1 is 1.18 bits per heavy atom. The topological polar surface area (TPSA) is 88.5 Å². The largest absolute Gasteiger partial charge is 0.342 e. The number of carbonyl (C=O) groups excluding carboxylic acids is 1. The van der Waals surface area contributed by atoms with Crippen LogP contribution in [0.1, 0.15) is 42.5 Å². The van der Waals surface area contributed by atoms with Crippen LogP contribution in [0.25, 0.3) is 16.7 Å². The maximum Gasteiger partial charge on any atom is 0.251 e. The van der Waals surface area contributed by atoms with Gasteiger partial charge in [-0.25, -0.2) is 9.67 Å². The molecule has 2 N–H and O–H groups in total. The molecule has 2 atom stereocenters. The first-order valence-electron chi connectivity index (χ1n) is 9.38. The van der Waals surface area contributed by atoms with Crippen molar-refractivity contribution in [3.63, 3.8) is 0 Å². The van der Waals surface area contributed by atoms with Crippen molar-refractivity contribution in [1.29, 1.82) is 0 Å². The van der Waals surface area contributed by atoms with Crippen LogP contribution >= 0.6 is 0 Å². The molecule has 7 heteroatoms. The van der Waals surface area contributed by atoms with E-state index in [1.807, 2.05) is 36.4 Å². The molecule has 0 fully saturated rings. The second-order valence-electron chi connectivity index (χ2n) is 6.87. The van der Waals surface area contributed by atoms with Gasteiger partial charge in [0.1, 0.15) is 5.82 Å². The van der Waals surface area contributed by atoms with Gasteiger partial charge in [0.25, 0.3) is 5.91 Å². The van der Waals surface area contributed by atoms with Crippen molar-refractivity contribution in [2.24, 2.45) is 5.92 Å². The number of imidazole rings is 1. The lowest BCUT2D eigenvalue weighted by Gasteiger charge is -2.22. The number of hydrogen-bond acceptors (Lipinski definition) is 4. The Balaban J connectivity index is 1.57. The van der Waals surface area contributed by atoms with Crippen LogP contribution in [0.5, 0.6) is 0 Å². The van der Waals surface area contributed by atoms with E-state index in [1.165, 1.54) is 0 Å². The number of amides is 1. The van der Waals surface area contributed by atoms with E-state index in [0.717, 1.165) is 29.0 Å². The molecule has 0 saturated carbocycles. The summed E-state index contributed by atoms with van der Waals surface area (Å²) in [4.78, 5) is 20.9. The Labute approximate surface area is 162 Å². The summed E-state index contributed by atoms with van der Waals surface area (Å²) in [5.74, 6) is 0.887. The van der Waals surface area contributed by atoms with Crippen molar-refractivity contribution in [3.05, 3.63) is 72.3 Å².